The zero-order chi connectivity index (χ0) is 12.8. The van der Waals surface area contributed by atoms with Gasteiger partial charge in [-0.1, -0.05) is 12.1 Å². The van der Waals surface area contributed by atoms with Crippen molar-refractivity contribution < 1.29 is 9.31 Å². The summed E-state index contributed by atoms with van der Waals surface area (Å²) in [6.07, 6.45) is 4.36. The van der Waals surface area contributed by atoms with Crippen LogP contribution >= 0.6 is 0 Å². The van der Waals surface area contributed by atoms with E-state index in [2.05, 4.69) is 0 Å². The second-order valence-electron chi connectivity index (χ2n) is 5.77. The molecule has 96 valence electrons. The Kier molecular flexibility index (Phi) is 2.44. The molecule has 4 rings (SSSR count). The van der Waals surface area contributed by atoms with Crippen molar-refractivity contribution in [3.63, 3.8) is 0 Å². The van der Waals surface area contributed by atoms with Crippen LogP contribution in [-0.2, 0) is 5.41 Å². The van der Waals surface area contributed by atoms with Crippen LogP contribution < -0.4 is 0 Å². The summed E-state index contributed by atoms with van der Waals surface area (Å²) < 4.78 is 13.3. The minimum atomic E-state index is -0.685. The first-order valence-electron chi connectivity index (χ1n) is 6.47. The highest BCUT2D eigenvalue weighted by molar-refractivity contribution is 5.29. The molecule has 4 heteroatoms. The number of hydrogen-bond acceptors (Lipinski definition) is 2. The van der Waals surface area contributed by atoms with Crippen molar-refractivity contribution in [2.75, 3.05) is 0 Å². The highest BCUT2D eigenvalue weighted by Gasteiger charge is 2.56. The maximum atomic E-state index is 13.3. The Labute approximate surface area is 105 Å². The van der Waals surface area contributed by atoms with Crippen LogP contribution in [0, 0.1) is 15.9 Å². The van der Waals surface area contributed by atoms with Crippen LogP contribution in [0.15, 0.2) is 24.3 Å². The van der Waals surface area contributed by atoms with Crippen LogP contribution in [0.3, 0.4) is 0 Å². The second-order valence-corrected chi connectivity index (χ2v) is 5.77. The molecule has 0 unspecified atom stereocenters. The van der Waals surface area contributed by atoms with Crippen molar-refractivity contribution >= 4 is 0 Å². The number of hydrogen-bond donors (Lipinski definition) is 0. The molecule has 3 saturated carbocycles. The fourth-order valence-electron chi connectivity index (χ4n) is 3.69. The van der Waals surface area contributed by atoms with Gasteiger partial charge in [-0.2, -0.15) is 0 Å². The van der Waals surface area contributed by atoms with Crippen LogP contribution in [-0.4, -0.2) is 10.5 Å². The lowest BCUT2D eigenvalue weighted by atomic mass is 9.55. The number of nitro groups is 1. The largest absolute Gasteiger partial charge is 0.264 e. The Bertz CT molecular complexity index is 476. The third kappa shape index (κ3) is 1.55. The first kappa shape index (κ1) is 11.6. The maximum Gasteiger partial charge on any atom is 0.222 e. The molecule has 2 bridgehead atoms. The molecule has 3 aliphatic rings. The van der Waals surface area contributed by atoms with Crippen molar-refractivity contribution in [2.24, 2.45) is 0 Å². The molecule has 0 N–H and O–H groups in total. The van der Waals surface area contributed by atoms with E-state index in [9.17, 15) is 14.5 Å². The second kappa shape index (κ2) is 3.77. The molecule has 1 aromatic carbocycles. The van der Waals surface area contributed by atoms with Crippen molar-refractivity contribution in [1.29, 1.82) is 0 Å². The Balaban J connectivity index is 1.91. The van der Waals surface area contributed by atoms with Crippen LogP contribution in [0.2, 0.25) is 0 Å². The van der Waals surface area contributed by atoms with E-state index in [-0.39, 0.29) is 16.2 Å². The third-order valence-electron chi connectivity index (χ3n) is 5.03. The topological polar surface area (TPSA) is 43.1 Å². The van der Waals surface area contributed by atoms with Gasteiger partial charge in [-0.15, -0.1) is 0 Å². The third-order valence-corrected chi connectivity index (χ3v) is 5.03. The summed E-state index contributed by atoms with van der Waals surface area (Å²) in [7, 11) is 0. The molecule has 3 nitrogen and oxygen atoms in total. The van der Waals surface area contributed by atoms with E-state index in [1.54, 1.807) is 12.1 Å². The minimum absolute atomic E-state index is 0.0140. The molecule has 0 heterocycles. The molecule has 1 aromatic rings. The molecule has 3 aliphatic carbocycles. The van der Waals surface area contributed by atoms with Crippen LogP contribution in [0.1, 0.15) is 44.1 Å². The predicted molar refractivity (Wildman–Crippen MR) is 65.5 cm³/mol. The lowest BCUT2D eigenvalue weighted by Gasteiger charge is -2.48. The summed E-state index contributed by atoms with van der Waals surface area (Å²) >= 11 is 0. The molecule has 0 aliphatic heterocycles. The van der Waals surface area contributed by atoms with E-state index in [1.165, 1.54) is 6.07 Å². The molecule has 0 spiro atoms. The van der Waals surface area contributed by atoms with Gasteiger partial charge in [-0.25, -0.2) is 4.39 Å². The van der Waals surface area contributed by atoms with Gasteiger partial charge < -0.3 is 0 Å². The minimum Gasteiger partial charge on any atom is -0.264 e. The van der Waals surface area contributed by atoms with Gasteiger partial charge in [0.15, 0.2) is 0 Å². The van der Waals surface area contributed by atoms with Gasteiger partial charge in [-0.05, 0) is 42.4 Å². The molecular weight excluding hydrogens is 233 g/mol. The van der Waals surface area contributed by atoms with Crippen LogP contribution in [0.4, 0.5) is 4.39 Å². The van der Waals surface area contributed by atoms with Crippen molar-refractivity contribution in [3.8, 4) is 0 Å². The van der Waals surface area contributed by atoms with Gasteiger partial charge in [0.25, 0.3) is 0 Å². The fourth-order valence-corrected chi connectivity index (χ4v) is 3.69. The van der Waals surface area contributed by atoms with Crippen LogP contribution in [0.5, 0.6) is 0 Å². The summed E-state index contributed by atoms with van der Waals surface area (Å²) in [5.74, 6) is -0.210. The van der Waals surface area contributed by atoms with Gasteiger partial charge in [-0.3, -0.25) is 10.1 Å². The molecular formula is C14H16FNO2. The molecule has 3 fully saturated rings. The average Bonchev–Trinajstić information content (AvgIpc) is 2.41. The summed E-state index contributed by atoms with van der Waals surface area (Å²) in [6.45, 7) is 0. The predicted octanol–water partition coefficient (Wildman–Crippen LogP) is 3.45. The fraction of sp³-hybridized carbons (Fsp3) is 0.571. The number of nitrogens with zero attached hydrogens (tertiary/aromatic N) is 1. The van der Waals surface area contributed by atoms with Gasteiger partial charge >= 0.3 is 0 Å². The van der Waals surface area contributed by atoms with Gasteiger partial charge in [0, 0.05) is 24.2 Å². The molecule has 0 radical (unpaired) electrons. The molecule has 18 heavy (non-hydrogen) atoms. The average molecular weight is 249 g/mol. The number of halogens is 1. The molecule has 0 saturated heterocycles. The maximum absolute atomic E-state index is 13.3. The van der Waals surface area contributed by atoms with Gasteiger partial charge in [0.1, 0.15) is 5.82 Å². The Morgan fingerprint density at radius 3 is 2.22 bits per heavy atom. The van der Waals surface area contributed by atoms with Gasteiger partial charge in [0.2, 0.25) is 5.54 Å². The highest BCUT2D eigenvalue weighted by Crippen LogP contribution is 2.54. The molecule has 0 aromatic heterocycles. The van der Waals surface area contributed by atoms with E-state index < -0.39 is 5.54 Å². The quantitative estimate of drug-likeness (QED) is 0.595. The Morgan fingerprint density at radius 1 is 1.11 bits per heavy atom. The summed E-state index contributed by atoms with van der Waals surface area (Å²) in [5, 5.41) is 11.2. The number of rotatable bonds is 2. The van der Waals surface area contributed by atoms with Crippen molar-refractivity contribution in [1.82, 2.24) is 0 Å². The highest BCUT2D eigenvalue weighted by atomic mass is 19.1. The van der Waals surface area contributed by atoms with E-state index >= 15 is 0 Å². The molecule has 0 amide bonds. The standard InChI is InChI=1S/C14H16FNO2/c15-12-3-1-2-11(10-12)13-4-7-14(8-5-13,9-6-13)16(17)18/h1-3,10H,4-9H2. The van der Waals surface area contributed by atoms with Crippen molar-refractivity contribution in [3.05, 3.63) is 45.8 Å². The zero-order valence-electron chi connectivity index (χ0n) is 10.2. The lowest BCUT2D eigenvalue weighted by molar-refractivity contribution is -0.582. The van der Waals surface area contributed by atoms with Gasteiger partial charge in [0.05, 0.1) is 0 Å². The smallest absolute Gasteiger partial charge is 0.222 e. The number of fused-ring (bicyclic) bond motifs is 3. The van der Waals surface area contributed by atoms with Crippen molar-refractivity contribution in [2.45, 2.75) is 49.5 Å². The Morgan fingerprint density at radius 2 is 1.72 bits per heavy atom. The summed E-state index contributed by atoms with van der Waals surface area (Å²) in [5.41, 5.74) is 0.328. The lowest BCUT2D eigenvalue weighted by Crippen LogP contribution is -2.52. The van der Waals surface area contributed by atoms with E-state index in [1.807, 2.05) is 6.07 Å². The zero-order valence-corrected chi connectivity index (χ0v) is 10.2. The van der Waals surface area contributed by atoms with E-state index in [0.717, 1.165) is 24.8 Å². The molecule has 0 atom stereocenters. The SMILES string of the molecule is O=[N+]([O-])C12CCC(c3cccc(F)c3)(CC1)CC2. The first-order valence-corrected chi connectivity index (χ1v) is 6.47. The van der Waals surface area contributed by atoms with Crippen LogP contribution in [0.25, 0.3) is 0 Å². The normalized spacial score (nSPS) is 34.5. The Hall–Kier alpha value is -1.45. The number of benzene rings is 1. The monoisotopic (exact) mass is 249 g/mol. The van der Waals surface area contributed by atoms with E-state index in [4.69, 9.17) is 0 Å². The summed E-state index contributed by atoms with van der Waals surface area (Å²) in [6, 6.07) is 6.76. The van der Waals surface area contributed by atoms with E-state index in [0.29, 0.717) is 19.3 Å². The summed E-state index contributed by atoms with van der Waals surface area (Å²) in [4.78, 5) is 11.1. The first-order chi connectivity index (χ1) is 8.56.